The van der Waals surface area contributed by atoms with Gasteiger partial charge in [0.25, 0.3) is 5.78 Å². The largest absolute Gasteiger partial charge is 1.00 e. The van der Waals surface area contributed by atoms with Gasteiger partial charge >= 0.3 is 71.1 Å². The van der Waals surface area contributed by atoms with Gasteiger partial charge in [-0.05, 0) is 0 Å². The predicted molar refractivity (Wildman–Crippen MR) is 36.5 cm³/mol. The molecule has 0 rings (SSSR count). The molecule has 0 atom stereocenters. The first kappa shape index (κ1) is 19.8. The van der Waals surface area contributed by atoms with Gasteiger partial charge in [-0.15, -0.1) is 0 Å². The molecule has 8 heteroatoms. The standard InChI is InChI=1S/C6H6O6.2Na.2H/c1-3(7)6(11)12-2-4(8)5(9)10;;;;/h2H2,1H3,(H,9,10);;;;/q;2*+1;2*-1. The second kappa shape index (κ2) is 9.82. The van der Waals surface area contributed by atoms with E-state index < -0.39 is 30.1 Å². The summed E-state index contributed by atoms with van der Waals surface area (Å²) in [5.41, 5.74) is 0. The maximum Gasteiger partial charge on any atom is 1.00 e. The van der Waals surface area contributed by atoms with Crippen molar-refractivity contribution in [3.63, 3.8) is 0 Å². The SMILES string of the molecule is CC(=O)C(=O)OCC(=O)C(=O)O.[H-].[H-].[Na+].[Na+]. The van der Waals surface area contributed by atoms with Gasteiger partial charge < -0.3 is 12.7 Å². The molecule has 1 N–H and O–H groups in total. The Kier molecular flexibility index (Phi) is 13.9. The van der Waals surface area contributed by atoms with Gasteiger partial charge in [-0.1, -0.05) is 0 Å². The molecule has 0 aromatic heterocycles. The van der Waals surface area contributed by atoms with E-state index >= 15 is 0 Å². The number of hydrogen-bond donors (Lipinski definition) is 1. The Morgan fingerprint density at radius 2 is 1.64 bits per heavy atom. The Labute approximate surface area is 127 Å². The fourth-order valence-electron chi connectivity index (χ4n) is 0.294. The van der Waals surface area contributed by atoms with Gasteiger partial charge in [-0.2, -0.15) is 0 Å². The Bertz CT molecular complexity index is 231. The summed E-state index contributed by atoms with van der Waals surface area (Å²) in [7, 11) is 0. The summed E-state index contributed by atoms with van der Waals surface area (Å²) in [6.07, 6.45) is 0. The summed E-state index contributed by atoms with van der Waals surface area (Å²) in [5, 5.41) is 8.01. The van der Waals surface area contributed by atoms with Gasteiger partial charge in [0.05, 0.1) is 0 Å². The second-order valence-electron chi connectivity index (χ2n) is 1.86. The van der Waals surface area contributed by atoms with Crippen LogP contribution in [0.3, 0.4) is 0 Å². The van der Waals surface area contributed by atoms with Crippen molar-refractivity contribution in [3.8, 4) is 0 Å². The molecule has 0 unspecified atom stereocenters. The van der Waals surface area contributed by atoms with E-state index in [9.17, 15) is 19.2 Å². The maximum atomic E-state index is 10.4. The smallest absolute Gasteiger partial charge is 1.00 e. The summed E-state index contributed by atoms with van der Waals surface area (Å²) in [5.74, 6) is -5.08. The normalized spacial score (nSPS) is 7.50. The minimum Gasteiger partial charge on any atom is -1.00 e. The number of rotatable bonds is 4. The molecule has 0 aromatic carbocycles. The summed E-state index contributed by atoms with van der Waals surface area (Å²) >= 11 is 0. The third-order valence-electron chi connectivity index (χ3n) is 0.860. The van der Waals surface area contributed by atoms with E-state index in [0.717, 1.165) is 6.92 Å². The van der Waals surface area contributed by atoms with Crippen molar-refractivity contribution in [1.29, 1.82) is 0 Å². The first-order valence-corrected chi connectivity index (χ1v) is 2.89. The van der Waals surface area contributed by atoms with Crippen LogP contribution in [0.1, 0.15) is 9.78 Å². The minimum atomic E-state index is -1.70. The van der Waals surface area contributed by atoms with Crippen molar-refractivity contribution >= 4 is 23.5 Å². The fraction of sp³-hybridized carbons (Fsp3) is 0.333. The molecular formula is C6H8Na2O6. The molecule has 70 valence electrons. The van der Waals surface area contributed by atoms with Crippen molar-refractivity contribution in [3.05, 3.63) is 0 Å². The zero-order valence-electron chi connectivity index (χ0n) is 10.2. The predicted octanol–water partition coefficient (Wildman–Crippen LogP) is -6.99. The van der Waals surface area contributed by atoms with Crippen LogP contribution in [-0.2, 0) is 23.9 Å². The molecule has 0 aliphatic carbocycles. The first-order chi connectivity index (χ1) is 5.45. The average Bonchev–Trinajstić information content (AvgIpc) is 1.98. The number of Topliss-reactive ketones (excluding diaryl/α,β-unsaturated/α-hetero) is 2. The van der Waals surface area contributed by atoms with Gasteiger partial charge in [0.2, 0.25) is 5.78 Å². The van der Waals surface area contributed by atoms with E-state index in [-0.39, 0.29) is 62.0 Å². The van der Waals surface area contributed by atoms with E-state index in [4.69, 9.17) is 5.11 Å². The summed E-state index contributed by atoms with van der Waals surface area (Å²) in [6, 6.07) is 0. The van der Waals surface area contributed by atoms with Gasteiger partial charge in [0, 0.05) is 6.92 Å². The van der Waals surface area contributed by atoms with Crippen molar-refractivity contribution in [2.45, 2.75) is 6.92 Å². The van der Waals surface area contributed by atoms with Crippen LogP contribution in [0.25, 0.3) is 0 Å². The first-order valence-electron chi connectivity index (χ1n) is 2.89. The van der Waals surface area contributed by atoms with E-state index in [0.29, 0.717) is 0 Å². The van der Waals surface area contributed by atoms with Crippen LogP contribution in [0, 0.1) is 0 Å². The van der Waals surface area contributed by atoms with E-state index in [1.165, 1.54) is 0 Å². The number of ketones is 2. The number of carbonyl (C=O) groups excluding carboxylic acids is 3. The average molecular weight is 222 g/mol. The van der Waals surface area contributed by atoms with Gasteiger partial charge in [-0.3, -0.25) is 9.59 Å². The zero-order chi connectivity index (χ0) is 9.72. The molecule has 0 aliphatic heterocycles. The summed E-state index contributed by atoms with van der Waals surface area (Å²) in [6.45, 7) is 0.0430. The summed E-state index contributed by atoms with van der Waals surface area (Å²) in [4.78, 5) is 40.7. The molecular weight excluding hydrogens is 214 g/mol. The van der Waals surface area contributed by atoms with E-state index in [2.05, 4.69) is 4.74 Å². The molecule has 0 bridgehead atoms. The molecule has 6 nitrogen and oxygen atoms in total. The van der Waals surface area contributed by atoms with Crippen LogP contribution in [0.4, 0.5) is 0 Å². The van der Waals surface area contributed by atoms with Crippen molar-refractivity contribution < 1.29 is 91.0 Å². The molecule has 0 amide bonds. The molecule has 0 saturated heterocycles. The number of carboxylic acid groups (broad SMARTS) is 1. The Morgan fingerprint density at radius 3 is 1.93 bits per heavy atom. The summed E-state index contributed by atoms with van der Waals surface area (Å²) < 4.78 is 4.01. The Morgan fingerprint density at radius 1 is 1.21 bits per heavy atom. The minimum absolute atomic E-state index is 0. The van der Waals surface area contributed by atoms with Crippen LogP contribution in [0.5, 0.6) is 0 Å². The van der Waals surface area contributed by atoms with E-state index in [1.807, 2.05) is 0 Å². The molecule has 0 aromatic rings. The fourth-order valence-corrected chi connectivity index (χ4v) is 0.294. The molecule has 0 aliphatic rings. The topological polar surface area (TPSA) is 97.7 Å². The third kappa shape index (κ3) is 8.86. The van der Waals surface area contributed by atoms with Crippen molar-refractivity contribution in [2.24, 2.45) is 0 Å². The van der Waals surface area contributed by atoms with Crippen LogP contribution < -0.4 is 59.1 Å². The van der Waals surface area contributed by atoms with Crippen LogP contribution in [0.15, 0.2) is 0 Å². The molecule has 0 spiro atoms. The number of ether oxygens (including phenoxy) is 1. The second-order valence-corrected chi connectivity index (χ2v) is 1.86. The number of aliphatic carboxylic acids is 1. The maximum absolute atomic E-state index is 10.4. The van der Waals surface area contributed by atoms with Gasteiger partial charge in [0.1, 0.15) is 0 Å². The number of carboxylic acids is 1. The third-order valence-corrected chi connectivity index (χ3v) is 0.860. The zero-order valence-corrected chi connectivity index (χ0v) is 12.2. The molecule has 0 radical (unpaired) electrons. The monoisotopic (exact) mass is 222 g/mol. The number of carbonyl (C=O) groups is 4. The Balaban J connectivity index is -0.000000101. The molecule has 0 saturated carbocycles. The molecule has 0 heterocycles. The van der Waals surface area contributed by atoms with Crippen LogP contribution in [0.2, 0.25) is 0 Å². The van der Waals surface area contributed by atoms with Crippen molar-refractivity contribution in [2.75, 3.05) is 6.61 Å². The quantitative estimate of drug-likeness (QED) is 0.288. The van der Waals surface area contributed by atoms with Gasteiger partial charge in [0.15, 0.2) is 6.61 Å². The number of esters is 1. The number of hydrogen-bond acceptors (Lipinski definition) is 5. The Hall–Kier alpha value is 0.280. The van der Waals surface area contributed by atoms with E-state index in [1.54, 1.807) is 0 Å². The van der Waals surface area contributed by atoms with Crippen LogP contribution in [-0.4, -0.2) is 35.2 Å². The van der Waals surface area contributed by atoms with Crippen molar-refractivity contribution in [1.82, 2.24) is 0 Å². The molecule has 14 heavy (non-hydrogen) atoms. The van der Waals surface area contributed by atoms with Crippen LogP contribution >= 0.6 is 0 Å². The molecule has 0 fully saturated rings. The van der Waals surface area contributed by atoms with Gasteiger partial charge in [-0.25, -0.2) is 9.59 Å².